The summed E-state index contributed by atoms with van der Waals surface area (Å²) in [7, 11) is 0. The molecule has 7 nitrogen and oxygen atoms in total. The summed E-state index contributed by atoms with van der Waals surface area (Å²) < 4.78 is 6.45. The second-order valence-corrected chi connectivity index (χ2v) is 8.91. The van der Waals surface area contributed by atoms with Crippen LogP contribution in [-0.4, -0.2) is 17.8 Å². The molecule has 4 amide bonds. The predicted octanol–water partition coefficient (Wildman–Crippen LogP) is 5.18. The highest BCUT2D eigenvalue weighted by atomic mass is 79.9. The number of carbonyl (C=O) groups excluding carboxylic acids is 3. The number of nitrogens with one attached hydrogen (secondary N) is 1. The first-order valence-corrected chi connectivity index (χ1v) is 11.5. The molecule has 0 saturated carbocycles. The lowest BCUT2D eigenvalue weighted by atomic mass is 10.1. The molecule has 4 rings (SSSR count). The number of nitrogens with zero attached hydrogens (tertiary/aromatic N) is 2. The highest BCUT2D eigenvalue weighted by Crippen LogP contribution is 2.29. The van der Waals surface area contributed by atoms with Crippen molar-refractivity contribution in [2.45, 2.75) is 20.5 Å². The van der Waals surface area contributed by atoms with E-state index in [1.54, 1.807) is 42.5 Å². The first-order chi connectivity index (χ1) is 16.8. The van der Waals surface area contributed by atoms with Crippen LogP contribution in [0.15, 0.2) is 70.7 Å². The van der Waals surface area contributed by atoms with Gasteiger partial charge in [0.05, 0.1) is 21.8 Å². The Morgan fingerprint density at radius 2 is 1.74 bits per heavy atom. The number of urea groups is 1. The molecule has 1 aliphatic rings. The fraction of sp³-hybridized carbons (Fsp3) is 0.111. The maximum absolute atomic E-state index is 13.2. The first-order valence-electron chi connectivity index (χ1n) is 10.7. The monoisotopic (exact) mass is 529 g/mol. The lowest BCUT2D eigenvalue weighted by molar-refractivity contribution is -0.122. The summed E-state index contributed by atoms with van der Waals surface area (Å²) in [6.07, 6.45) is 1.43. The van der Waals surface area contributed by atoms with Crippen molar-refractivity contribution in [3.63, 3.8) is 0 Å². The number of anilines is 1. The smallest absolute Gasteiger partial charge is 0.335 e. The lowest BCUT2D eigenvalue weighted by Crippen LogP contribution is -2.54. The van der Waals surface area contributed by atoms with Crippen LogP contribution in [0.5, 0.6) is 5.75 Å². The second-order valence-electron chi connectivity index (χ2n) is 8.05. The Kier molecular flexibility index (Phi) is 6.80. The third-order valence-electron chi connectivity index (χ3n) is 5.35. The molecule has 0 spiro atoms. The minimum atomic E-state index is -0.787. The Bertz CT molecular complexity index is 1420. The second kappa shape index (κ2) is 9.95. The predicted molar refractivity (Wildman–Crippen MR) is 135 cm³/mol. The van der Waals surface area contributed by atoms with E-state index in [0.29, 0.717) is 27.0 Å². The minimum Gasteiger partial charge on any atom is -0.488 e. The van der Waals surface area contributed by atoms with E-state index in [0.717, 1.165) is 21.6 Å². The third kappa shape index (κ3) is 5.15. The zero-order valence-electron chi connectivity index (χ0n) is 19.0. The van der Waals surface area contributed by atoms with Crippen molar-refractivity contribution in [3.05, 3.63) is 98.5 Å². The summed E-state index contributed by atoms with van der Waals surface area (Å²) in [4.78, 5) is 39.1. The normalized spacial score (nSPS) is 14.6. The molecule has 0 unspecified atom stereocenters. The first kappa shape index (κ1) is 23.9. The highest BCUT2D eigenvalue weighted by molar-refractivity contribution is 9.10. The molecule has 0 atom stereocenters. The molecular formula is C27H20BrN3O4. The standard InChI is InChI=1S/C27H20BrN3O4/c1-16-9-17(2)11-21(10-16)31-26(33)22(25(32)30-27(31)34)12-18-7-8-24(23(28)13-18)35-15-20-6-4-3-5-19(20)14-29/h3-13H,15H2,1-2H3,(H,30,32,34)/b22-12+. The molecule has 8 heteroatoms. The summed E-state index contributed by atoms with van der Waals surface area (Å²) in [5.41, 5.74) is 3.87. The van der Waals surface area contributed by atoms with Crippen molar-refractivity contribution in [2.75, 3.05) is 4.90 Å². The Labute approximate surface area is 210 Å². The average Bonchev–Trinajstić information content (AvgIpc) is 2.80. The van der Waals surface area contributed by atoms with Crippen LogP contribution in [0.4, 0.5) is 10.5 Å². The van der Waals surface area contributed by atoms with Gasteiger partial charge in [-0.05, 0) is 82.9 Å². The number of benzene rings is 3. The van der Waals surface area contributed by atoms with Gasteiger partial charge in [-0.1, -0.05) is 30.3 Å². The van der Waals surface area contributed by atoms with E-state index in [4.69, 9.17) is 4.74 Å². The zero-order valence-corrected chi connectivity index (χ0v) is 20.5. The number of halogens is 1. The van der Waals surface area contributed by atoms with Gasteiger partial charge >= 0.3 is 6.03 Å². The van der Waals surface area contributed by atoms with Gasteiger partial charge < -0.3 is 4.74 Å². The van der Waals surface area contributed by atoms with E-state index in [-0.39, 0.29) is 12.2 Å². The number of rotatable bonds is 5. The number of nitriles is 1. The molecular weight excluding hydrogens is 510 g/mol. The molecule has 0 aromatic heterocycles. The maximum atomic E-state index is 13.2. The van der Waals surface area contributed by atoms with Crippen molar-refractivity contribution < 1.29 is 19.1 Å². The number of hydrogen-bond acceptors (Lipinski definition) is 5. The van der Waals surface area contributed by atoms with E-state index in [2.05, 4.69) is 27.3 Å². The molecule has 0 radical (unpaired) electrons. The van der Waals surface area contributed by atoms with E-state index < -0.39 is 17.8 Å². The molecule has 3 aromatic rings. The largest absolute Gasteiger partial charge is 0.488 e. The van der Waals surface area contributed by atoms with E-state index in [9.17, 15) is 19.6 Å². The molecule has 0 aliphatic carbocycles. The van der Waals surface area contributed by atoms with Crippen LogP contribution in [0.1, 0.15) is 27.8 Å². The summed E-state index contributed by atoms with van der Waals surface area (Å²) >= 11 is 3.46. The van der Waals surface area contributed by atoms with Gasteiger partial charge in [-0.15, -0.1) is 0 Å². The van der Waals surface area contributed by atoms with Crippen molar-refractivity contribution in [3.8, 4) is 11.8 Å². The molecule has 1 fully saturated rings. The fourth-order valence-electron chi connectivity index (χ4n) is 3.77. The van der Waals surface area contributed by atoms with Crippen molar-refractivity contribution in [2.24, 2.45) is 0 Å². The van der Waals surface area contributed by atoms with Gasteiger partial charge in [-0.3, -0.25) is 14.9 Å². The molecule has 1 heterocycles. The van der Waals surface area contributed by atoms with Crippen LogP contribution in [0.3, 0.4) is 0 Å². The zero-order chi connectivity index (χ0) is 25.1. The number of ether oxygens (including phenoxy) is 1. The summed E-state index contributed by atoms with van der Waals surface area (Å²) in [6.45, 7) is 3.94. The van der Waals surface area contributed by atoms with Gasteiger partial charge in [-0.2, -0.15) is 5.26 Å². The van der Waals surface area contributed by atoms with Crippen molar-refractivity contribution >= 4 is 45.5 Å². The molecule has 1 saturated heterocycles. The highest BCUT2D eigenvalue weighted by Gasteiger charge is 2.37. The molecule has 1 aliphatic heterocycles. The number of imide groups is 2. The topological polar surface area (TPSA) is 99.5 Å². The van der Waals surface area contributed by atoms with Crippen LogP contribution in [0.25, 0.3) is 6.08 Å². The van der Waals surface area contributed by atoms with Gasteiger partial charge in [0.15, 0.2) is 0 Å². The van der Waals surface area contributed by atoms with Crippen molar-refractivity contribution in [1.82, 2.24) is 5.32 Å². The summed E-state index contributed by atoms with van der Waals surface area (Å²) in [5.74, 6) is -0.926. The number of barbiturate groups is 1. The maximum Gasteiger partial charge on any atom is 0.335 e. The minimum absolute atomic E-state index is 0.160. The van der Waals surface area contributed by atoms with Gasteiger partial charge in [0.1, 0.15) is 17.9 Å². The van der Waals surface area contributed by atoms with Gasteiger partial charge in [0.2, 0.25) is 0 Å². The molecule has 0 bridgehead atoms. The number of hydrogen-bond donors (Lipinski definition) is 1. The van der Waals surface area contributed by atoms with Crippen molar-refractivity contribution in [1.29, 1.82) is 5.26 Å². The number of carbonyl (C=O) groups is 3. The van der Waals surface area contributed by atoms with Crippen LogP contribution in [0, 0.1) is 25.2 Å². The lowest BCUT2D eigenvalue weighted by Gasteiger charge is -2.27. The van der Waals surface area contributed by atoms with E-state index >= 15 is 0 Å². The quantitative estimate of drug-likeness (QED) is 0.362. The van der Waals surface area contributed by atoms with Crippen LogP contribution >= 0.6 is 15.9 Å². The van der Waals surface area contributed by atoms with Crippen LogP contribution < -0.4 is 15.0 Å². The Hall–Kier alpha value is -4.22. The van der Waals surface area contributed by atoms with Gasteiger partial charge in [0.25, 0.3) is 11.8 Å². The Morgan fingerprint density at radius 1 is 1.03 bits per heavy atom. The SMILES string of the molecule is Cc1cc(C)cc(N2C(=O)NC(=O)/C(=C\c3ccc(OCc4ccccc4C#N)c(Br)c3)C2=O)c1. The number of aryl methyl sites for hydroxylation is 2. The molecule has 1 N–H and O–H groups in total. The van der Waals surface area contributed by atoms with E-state index in [1.165, 1.54) is 6.08 Å². The Morgan fingerprint density at radius 3 is 2.43 bits per heavy atom. The van der Waals surface area contributed by atoms with Gasteiger partial charge in [0, 0.05) is 5.56 Å². The van der Waals surface area contributed by atoms with E-state index in [1.807, 2.05) is 32.0 Å². The fourth-order valence-corrected chi connectivity index (χ4v) is 4.28. The molecule has 35 heavy (non-hydrogen) atoms. The summed E-state index contributed by atoms with van der Waals surface area (Å²) in [6, 6.07) is 19.0. The Balaban J connectivity index is 1.59. The van der Waals surface area contributed by atoms with Gasteiger partial charge in [-0.25, -0.2) is 9.69 Å². The molecule has 3 aromatic carbocycles. The average molecular weight is 530 g/mol. The van der Waals surface area contributed by atoms with Crippen LogP contribution in [0.2, 0.25) is 0 Å². The third-order valence-corrected chi connectivity index (χ3v) is 5.97. The summed E-state index contributed by atoms with van der Waals surface area (Å²) in [5, 5.41) is 11.5. The number of amides is 4. The van der Waals surface area contributed by atoms with Crippen LogP contribution in [-0.2, 0) is 16.2 Å². The molecule has 174 valence electrons.